The molecule has 0 N–H and O–H groups in total. The molecule has 1 aromatic rings. The number of likely N-dealkylation sites (tertiary alicyclic amines) is 1. The van der Waals surface area contributed by atoms with Crippen molar-refractivity contribution in [2.24, 2.45) is 0 Å². The molecule has 23 heavy (non-hydrogen) atoms. The first-order chi connectivity index (χ1) is 10.7. The third-order valence-electron chi connectivity index (χ3n) is 3.68. The largest absolute Gasteiger partial charge is 0.469 e. The van der Waals surface area contributed by atoms with Crippen LogP contribution in [0.4, 0.5) is 4.79 Å². The molecule has 0 radical (unpaired) electrons. The Morgan fingerprint density at radius 3 is 2.65 bits per heavy atom. The quantitative estimate of drug-likeness (QED) is 0.860. The predicted molar refractivity (Wildman–Crippen MR) is 85.2 cm³/mol. The van der Waals surface area contributed by atoms with Gasteiger partial charge in [-0.2, -0.15) is 0 Å². The SMILES string of the molecule is CC(=O)C1(Oc2c#cccc2)CCCN(C(=O)OC(C)(C)C)C1. The highest BCUT2D eigenvalue weighted by atomic mass is 16.6. The molecule has 0 bridgehead atoms. The number of amides is 1. The van der Waals surface area contributed by atoms with Crippen LogP contribution in [0.5, 0.6) is 5.75 Å². The Kier molecular flexibility index (Phi) is 4.84. The van der Waals surface area contributed by atoms with Crippen molar-refractivity contribution in [2.45, 2.75) is 51.7 Å². The minimum atomic E-state index is -1.05. The Hall–Kier alpha value is -2.22. The number of piperidine rings is 1. The van der Waals surface area contributed by atoms with E-state index in [1.807, 2.05) is 20.8 Å². The van der Waals surface area contributed by atoms with Gasteiger partial charge in [-0.15, -0.1) is 0 Å². The Bertz CT molecular complexity index is 564. The lowest BCUT2D eigenvalue weighted by Crippen LogP contribution is -2.58. The highest BCUT2D eigenvalue weighted by Gasteiger charge is 2.44. The summed E-state index contributed by atoms with van der Waals surface area (Å²) >= 11 is 0. The first kappa shape index (κ1) is 17.1. The average molecular weight is 317 g/mol. The van der Waals surface area contributed by atoms with Crippen LogP contribution < -0.4 is 4.74 Å². The zero-order valence-corrected chi connectivity index (χ0v) is 14.1. The van der Waals surface area contributed by atoms with Gasteiger partial charge in [0.15, 0.2) is 17.1 Å². The first-order valence-electron chi connectivity index (χ1n) is 7.78. The smallest absolute Gasteiger partial charge is 0.410 e. The van der Waals surface area contributed by atoms with Gasteiger partial charge in [0.1, 0.15) is 5.60 Å². The third kappa shape index (κ3) is 4.38. The molecule has 2 rings (SSSR count). The topological polar surface area (TPSA) is 55.8 Å². The maximum atomic E-state index is 12.3. The monoisotopic (exact) mass is 317 g/mol. The number of ether oxygens (including phenoxy) is 2. The van der Waals surface area contributed by atoms with E-state index in [1.165, 1.54) is 6.92 Å². The van der Waals surface area contributed by atoms with Crippen LogP contribution in [0.2, 0.25) is 0 Å². The molecular weight excluding hydrogens is 294 g/mol. The summed E-state index contributed by atoms with van der Waals surface area (Å²) in [6.07, 6.45) is 0.815. The van der Waals surface area contributed by atoms with Crippen molar-refractivity contribution in [1.82, 2.24) is 4.90 Å². The zero-order chi connectivity index (χ0) is 17.1. The van der Waals surface area contributed by atoms with Crippen molar-refractivity contribution in [2.75, 3.05) is 13.1 Å². The molecule has 1 amide bonds. The second-order valence-corrected chi connectivity index (χ2v) is 6.82. The highest BCUT2D eigenvalue weighted by molar-refractivity contribution is 5.86. The summed E-state index contributed by atoms with van der Waals surface area (Å²) < 4.78 is 11.3. The van der Waals surface area contributed by atoms with Gasteiger partial charge in [-0.1, -0.05) is 6.07 Å². The minimum absolute atomic E-state index is 0.108. The van der Waals surface area contributed by atoms with Crippen LogP contribution in [0.25, 0.3) is 0 Å². The second-order valence-electron chi connectivity index (χ2n) is 6.82. The molecule has 1 aromatic carbocycles. The number of nitrogens with zero attached hydrogens (tertiary/aromatic N) is 1. The van der Waals surface area contributed by atoms with E-state index >= 15 is 0 Å². The van der Waals surface area contributed by atoms with Gasteiger partial charge in [0.25, 0.3) is 0 Å². The molecule has 1 unspecified atom stereocenters. The highest BCUT2D eigenvalue weighted by Crippen LogP contribution is 2.29. The van der Waals surface area contributed by atoms with Crippen LogP contribution in [0.3, 0.4) is 0 Å². The Balaban J connectivity index is 2.17. The molecule has 0 spiro atoms. The Morgan fingerprint density at radius 2 is 2.09 bits per heavy atom. The summed E-state index contributed by atoms with van der Waals surface area (Å²) in [4.78, 5) is 26.1. The maximum absolute atomic E-state index is 12.3. The van der Waals surface area contributed by atoms with Crippen molar-refractivity contribution in [1.29, 1.82) is 0 Å². The Morgan fingerprint density at radius 1 is 1.35 bits per heavy atom. The summed E-state index contributed by atoms with van der Waals surface area (Å²) in [5.41, 5.74) is -1.63. The van der Waals surface area contributed by atoms with E-state index in [4.69, 9.17) is 9.47 Å². The standard InChI is InChI=1S/C18H23NO4/c1-14(20)18(22-15-9-6-5-7-10-15)11-8-12-19(13-18)16(21)23-17(2,3)4/h5-6,9H,8,11-13H2,1-4H3. The van der Waals surface area contributed by atoms with Crippen molar-refractivity contribution < 1.29 is 19.1 Å². The fraction of sp³-hybridized carbons (Fsp3) is 0.556. The lowest BCUT2D eigenvalue weighted by Gasteiger charge is -2.41. The number of carbonyl (C=O) groups excluding carboxylic acids is 2. The van der Waals surface area contributed by atoms with E-state index in [0.29, 0.717) is 25.1 Å². The normalized spacial score (nSPS) is 21.3. The van der Waals surface area contributed by atoms with E-state index in [9.17, 15) is 9.59 Å². The van der Waals surface area contributed by atoms with E-state index < -0.39 is 17.3 Å². The third-order valence-corrected chi connectivity index (χ3v) is 3.68. The van der Waals surface area contributed by atoms with E-state index in [2.05, 4.69) is 12.1 Å². The van der Waals surface area contributed by atoms with E-state index in [1.54, 1.807) is 23.1 Å². The van der Waals surface area contributed by atoms with E-state index in [0.717, 1.165) is 0 Å². The number of carbonyl (C=O) groups is 2. The molecule has 0 saturated carbocycles. The van der Waals surface area contributed by atoms with Gasteiger partial charge in [-0.05, 0) is 64.8 Å². The van der Waals surface area contributed by atoms with Crippen LogP contribution in [0.1, 0.15) is 40.5 Å². The summed E-state index contributed by atoms with van der Waals surface area (Å²) in [7, 11) is 0. The Labute approximate surface area is 137 Å². The summed E-state index contributed by atoms with van der Waals surface area (Å²) in [5.74, 6) is 0.344. The molecule has 1 aliphatic rings. The molecule has 5 nitrogen and oxygen atoms in total. The van der Waals surface area contributed by atoms with Crippen molar-refractivity contribution >= 4 is 11.9 Å². The molecule has 1 atom stereocenters. The zero-order valence-electron chi connectivity index (χ0n) is 14.1. The van der Waals surface area contributed by atoms with Gasteiger partial charge < -0.3 is 14.4 Å². The van der Waals surface area contributed by atoms with Crippen LogP contribution in [0, 0.1) is 12.1 Å². The molecule has 1 heterocycles. The molecule has 0 aliphatic carbocycles. The fourth-order valence-corrected chi connectivity index (χ4v) is 2.55. The lowest BCUT2D eigenvalue weighted by atomic mass is 9.89. The molecular formula is C18H23NO4. The molecule has 5 heteroatoms. The van der Waals surface area contributed by atoms with Crippen LogP contribution in [-0.4, -0.2) is 41.1 Å². The molecule has 0 aromatic heterocycles. The summed E-state index contributed by atoms with van der Waals surface area (Å²) in [5, 5.41) is 0. The van der Waals surface area contributed by atoms with Crippen molar-refractivity contribution in [3.05, 3.63) is 30.3 Å². The van der Waals surface area contributed by atoms with Gasteiger partial charge in [0.2, 0.25) is 0 Å². The number of ketones is 1. The molecule has 1 fully saturated rings. The molecule has 1 saturated heterocycles. The van der Waals surface area contributed by atoms with Crippen LogP contribution >= 0.6 is 0 Å². The summed E-state index contributed by atoms with van der Waals surface area (Å²) in [6.45, 7) is 7.68. The van der Waals surface area contributed by atoms with Crippen molar-refractivity contribution in [3.8, 4) is 5.75 Å². The fourth-order valence-electron chi connectivity index (χ4n) is 2.55. The van der Waals surface area contributed by atoms with Crippen LogP contribution in [0.15, 0.2) is 18.2 Å². The number of hydrogen-bond acceptors (Lipinski definition) is 4. The maximum Gasteiger partial charge on any atom is 0.410 e. The van der Waals surface area contributed by atoms with Gasteiger partial charge in [-0.3, -0.25) is 4.79 Å². The molecule has 1 aliphatic heterocycles. The second kappa shape index (κ2) is 6.49. The lowest BCUT2D eigenvalue weighted by molar-refractivity contribution is -0.136. The summed E-state index contributed by atoms with van der Waals surface area (Å²) in [6, 6.07) is 10.9. The van der Waals surface area contributed by atoms with Gasteiger partial charge in [0.05, 0.1) is 6.54 Å². The molecule has 124 valence electrons. The number of Topliss-reactive ketones (excluding diaryl/α,β-unsaturated/α-hetero) is 1. The average Bonchev–Trinajstić information content (AvgIpc) is 2.46. The van der Waals surface area contributed by atoms with Gasteiger partial charge in [-0.25, -0.2) is 4.79 Å². The van der Waals surface area contributed by atoms with E-state index in [-0.39, 0.29) is 12.3 Å². The number of rotatable bonds is 3. The van der Waals surface area contributed by atoms with Crippen LogP contribution in [-0.2, 0) is 9.53 Å². The van der Waals surface area contributed by atoms with Crippen molar-refractivity contribution in [3.63, 3.8) is 0 Å². The van der Waals surface area contributed by atoms with Gasteiger partial charge in [0, 0.05) is 6.54 Å². The number of hydrogen-bond donors (Lipinski definition) is 0. The predicted octanol–water partition coefficient (Wildman–Crippen LogP) is 3.02. The minimum Gasteiger partial charge on any atom is -0.469 e. The first-order valence-corrected chi connectivity index (χ1v) is 7.78. The van der Waals surface area contributed by atoms with Gasteiger partial charge >= 0.3 is 6.09 Å².